The van der Waals surface area contributed by atoms with Crippen molar-refractivity contribution >= 4 is 22.4 Å². The van der Waals surface area contributed by atoms with Crippen molar-refractivity contribution in [1.82, 2.24) is 4.98 Å². The second-order valence-electron chi connectivity index (χ2n) is 5.08. The van der Waals surface area contributed by atoms with Crippen LogP contribution in [0.5, 0.6) is 0 Å². The quantitative estimate of drug-likeness (QED) is 0.750. The zero-order valence-corrected chi connectivity index (χ0v) is 13.9. The summed E-state index contributed by atoms with van der Waals surface area (Å²) >= 11 is 1.35. The number of benzene rings is 1. The summed E-state index contributed by atoms with van der Waals surface area (Å²) in [5.74, 6) is 0.0878. The molecule has 2 heterocycles. The molecule has 0 atom stereocenters. The molecule has 1 amide bonds. The van der Waals surface area contributed by atoms with Crippen LogP contribution in [0.25, 0.3) is 11.3 Å². The third-order valence-electron chi connectivity index (χ3n) is 3.31. The molecule has 0 spiro atoms. The monoisotopic (exact) mass is 346 g/mol. The Labute approximate surface area is 142 Å². The summed E-state index contributed by atoms with van der Waals surface area (Å²) in [5.41, 5.74) is 1.51. The number of carbonyl (C=O) groups is 1. The van der Waals surface area contributed by atoms with Crippen LogP contribution in [0.1, 0.15) is 21.2 Å². The molecule has 7 heteroatoms. The van der Waals surface area contributed by atoms with E-state index < -0.39 is 0 Å². The highest BCUT2D eigenvalue weighted by Crippen LogP contribution is 2.30. The van der Waals surface area contributed by atoms with E-state index in [9.17, 15) is 9.18 Å². The molecule has 0 saturated carbocycles. The first-order valence-corrected chi connectivity index (χ1v) is 8.01. The number of halogens is 1. The lowest BCUT2D eigenvalue weighted by Crippen LogP contribution is -2.10. The lowest BCUT2D eigenvalue weighted by Gasteiger charge is -1.99. The van der Waals surface area contributed by atoms with Gasteiger partial charge >= 0.3 is 0 Å². The topological polar surface area (TPSA) is 64.4 Å². The number of methoxy groups -OCH3 is 1. The Morgan fingerprint density at radius 3 is 2.75 bits per heavy atom. The predicted molar refractivity (Wildman–Crippen MR) is 89.6 cm³/mol. The molecular formula is C17H15FN2O3S. The Hall–Kier alpha value is -2.51. The molecular weight excluding hydrogens is 331 g/mol. The number of carbonyl (C=O) groups excluding carboxylic acids is 1. The van der Waals surface area contributed by atoms with Gasteiger partial charge in [0.15, 0.2) is 10.9 Å². The van der Waals surface area contributed by atoms with Crippen LogP contribution in [0.2, 0.25) is 0 Å². The molecule has 0 unspecified atom stereocenters. The Morgan fingerprint density at radius 1 is 1.29 bits per heavy atom. The fourth-order valence-electron chi connectivity index (χ4n) is 2.20. The van der Waals surface area contributed by atoms with Gasteiger partial charge in [-0.15, -0.1) is 11.3 Å². The van der Waals surface area contributed by atoms with Crippen molar-refractivity contribution < 1.29 is 18.3 Å². The fraction of sp³-hybridized carbons (Fsp3) is 0.176. The number of nitrogens with zero attached hydrogens (tertiary/aromatic N) is 1. The highest BCUT2D eigenvalue weighted by Gasteiger charge is 2.16. The number of nitrogens with one attached hydrogen (secondary N) is 1. The van der Waals surface area contributed by atoms with Crippen molar-refractivity contribution in [2.24, 2.45) is 0 Å². The van der Waals surface area contributed by atoms with Gasteiger partial charge in [-0.05, 0) is 43.3 Å². The van der Waals surface area contributed by atoms with Crippen LogP contribution >= 0.6 is 11.3 Å². The van der Waals surface area contributed by atoms with Gasteiger partial charge in [-0.2, -0.15) is 0 Å². The SMILES string of the molecule is COCc1ccc(C(=O)Nc2nc(-c3ccc(F)cc3)c(C)s2)o1. The van der Waals surface area contributed by atoms with Gasteiger partial charge in [0.1, 0.15) is 18.2 Å². The van der Waals surface area contributed by atoms with Gasteiger partial charge in [0.25, 0.3) is 5.91 Å². The average Bonchev–Trinajstić information content (AvgIpc) is 3.16. The van der Waals surface area contributed by atoms with E-state index in [0.29, 0.717) is 17.5 Å². The maximum atomic E-state index is 13.0. The van der Waals surface area contributed by atoms with E-state index in [1.165, 1.54) is 23.5 Å². The van der Waals surface area contributed by atoms with Crippen LogP contribution in [0.3, 0.4) is 0 Å². The summed E-state index contributed by atoms with van der Waals surface area (Å²) in [6.45, 7) is 2.20. The van der Waals surface area contributed by atoms with Crippen molar-refractivity contribution in [2.75, 3.05) is 12.4 Å². The number of anilines is 1. The molecule has 3 rings (SSSR count). The number of thiazole rings is 1. The number of amides is 1. The third-order valence-corrected chi connectivity index (χ3v) is 4.19. The Morgan fingerprint density at radius 2 is 2.04 bits per heavy atom. The van der Waals surface area contributed by atoms with E-state index in [-0.39, 0.29) is 17.5 Å². The molecule has 124 valence electrons. The van der Waals surface area contributed by atoms with Crippen molar-refractivity contribution in [3.05, 3.63) is 58.6 Å². The number of ether oxygens (including phenoxy) is 1. The molecule has 0 radical (unpaired) electrons. The van der Waals surface area contributed by atoms with E-state index >= 15 is 0 Å². The van der Waals surface area contributed by atoms with Crippen LogP contribution in [0, 0.1) is 12.7 Å². The van der Waals surface area contributed by atoms with Crippen LogP contribution in [-0.2, 0) is 11.3 Å². The Balaban J connectivity index is 1.77. The Bertz CT molecular complexity index is 855. The molecule has 0 aliphatic rings. The smallest absolute Gasteiger partial charge is 0.293 e. The third kappa shape index (κ3) is 3.52. The number of rotatable bonds is 5. The summed E-state index contributed by atoms with van der Waals surface area (Å²) < 4.78 is 23.4. The van der Waals surface area contributed by atoms with Gasteiger partial charge in [0.05, 0.1) is 5.69 Å². The molecule has 0 fully saturated rings. The van der Waals surface area contributed by atoms with E-state index in [1.54, 1.807) is 31.4 Å². The molecule has 1 N–H and O–H groups in total. The molecule has 2 aromatic heterocycles. The Kier molecular flexibility index (Phi) is 4.73. The van der Waals surface area contributed by atoms with Gasteiger partial charge in [0, 0.05) is 17.6 Å². The van der Waals surface area contributed by atoms with Gasteiger partial charge in [-0.3, -0.25) is 10.1 Å². The van der Waals surface area contributed by atoms with Crippen LogP contribution < -0.4 is 5.32 Å². The number of aromatic nitrogens is 1. The minimum absolute atomic E-state index is 0.193. The zero-order valence-electron chi connectivity index (χ0n) is 13.1. The normalized spacial score (nSPS) is 10.8. The molecule has 0 saturated heterocycles. The van der Waals surface area contributed by atoms with Gasteiger partial charge < -0.3 is 9.15 Å². The number of aryl methyl sites for hydroxylation is 1. The molecule has 1 aromatic carbocycles. The summed E-state index contributed by atoms with van der Waals surface area (Å²) in [5, 5.41) is 3.18. The van der Waals surface area contributed by atoms with Gasteiger partial charge in [0.2, 0.25) is 0 Å². The highest BCUT2D eigenvalue weighted by atomic mass is 32.1. The lowest BCUT2D eigenvalue weighted by atomic mass is 10.1. The maximum Gasteiger partial charge on any atom is 0.293 e. The second kappa shape index (κ2) is 6.94. The van der Waals surface area contributed by atoms with Crippen molar-refractivity contribution in [3.8, 4) is 11.3 Å². The highest BCUT2D eigenvalue weighted by molar-refractivity contribution is 7.16. The van der Waals surface area contributed by atoms with Crippen LogP contribution in [0.4, 0.5) is 9.52 Å². The average molecular weight is 346 g/mol. The lowest BCUT2D eigenvalue weighted by molar-refractivity contribution is 0.0987. The maximum absolute atomic E-state index is 13.0. The molecule has 5 nitrogen and oxygen atoms in total. The van der Waals surface area contributed by atoms with E-state index in [1.807, 2.05) is 6.92 Å². The molecule has 0 aliphatic carbocycles. The van der Waals surface area contributed by atoms with Crippen LogP contribution in [-0.4, -0.2) is 18.0 Å². The first kappa shape index (κ1) is 16.4. The first-order chi connectivity index (χ1) is 11.6. The van der Waals surface area contributed by atoms with Crippen molar-refractivity contribution in [2.45, 2.75) is 13.5 Å². The predicted octanol–water partition coefficient (Wildman–Crippen LogP) is 4.25. The fourth-order valence-corrected chi connectivity index (χ4v) is 3.03. The molecule has 0 bridgehead atoms. The summed E-state index contributed by atoms with van der Waals surface area (Å²) in [6.07, 6.45) is 0. The van der Waals surface area contributed by atoms with Crippen molar-refractivity contribution in [1.29, 1.82) is 0 Å². The van der Waals surface area contributed by atoms with E-state index in [0.717, 1.165) is 16.1 Å². The van der Waals surface area contributed by atoms with Crippen LogP contribution in [0.15, 0.2) is 40.8 Å². The minimum Gasteiger partial charge on any atom is -0.453 e. The molecule has 24 heavy (non-hydrogen) atoms. The first-order valence-electron chi connectivity index (χ1n) is 7.19. The zero-order chi connectivity index (χ0) is 17.1. The minimum atomic E-state index is -0.378. The molecule has 0 aliphatic heterocycles. The summed E-state index contributed by atoms with van der Waals surface area (Å²) in [6, 6.07) is 9.36. The summed E-state index contributed by atoms with van der Waals surface area (Å²) in [4.78, 5) is 17.5. The standard InChI is InChI=1S/C17H15FN2O3S/c1-10-15(11-3-5-12(18)6-4-11)19-17(24-10)20-16(21)14-8-7-13(23-14)9-22-2/h3-8H,9H2,1-2H3,(H,19,20,21). The summed E-state index contributed by atoms with van der Waals surface area (Å²) in [7, 11) is 1.55. The largest absolute Gasteiger partial charge is 0.453 e. The van der Waals surface area contributed by atoms with E-state index in [4.69, 9.17) is 9.15 Å². The number of hydrogen-bond acceptors (Lipinski definition) is 5. The van der Waals surface area contributed by atoms with E-state index in [2.05, 4.69) is 10.3 Å². The molecule has 3 aromatic rings. The van der Waals surface area contributed by atoms with Gasteiger partial charge in [-0.25, -0.2) is 9.37 Å². The number of hydrogen-bond donors (Lipinski definition) is 1. The second-order valence-corrected chi connectivity index (χ2v) is 6.29. The van der Waals surface area contributed by atoms with Crippen molar-refractivity contribution in [3.63, 3.8) is 0 Å². The van der Waals surface area contributed by atoms with Gasteiger partial charge in [-0.1, -0.05) is 0 Å². The number of furan rings is 1.